The summed E-state index contributed by atoms with van der Waals surface area (Å²) in [6.07, 6.45) is 1.31. The zero-order chi connectivity index (χ0) is 14.5. The van der Waals surface area contributed by atoms with Crippen LogP contribution in [0.2, 0.25) is 0 Å². The monoisotopic (exact) mass is 271 g/mol. The lowest BCUT2D eigenvalue weighted by molar-refractivity contribution is 0.102. The van der Waals surface area contributed by atoms with Gasteiger partial charge in [-0.2, -0.15) is 0 Å². The van der Waals surface area contributed by atoms with Gasteiger partial charge in [-0.15, -0.1) is 0 Å². The van der Waals surface area contributed by atoms with Gasteiger partial charge in [0.1, 0.15) is 12.3 Å². The molecule has 4 N–H and O–H groups in total. The number of nitrogens with one attached hydrogen (secondary N) is 3. The number of aryl methyl sites for hydroxylation is 1. The molecule has 0 atom stereocenters. The molecule has 2 aromatic rings. The molecule has 6 heteroatoms. The number of amides is 1. The van der Waals surface area contributed by atoms with E-state index in [4.69, 9.17) is 5.11 Å². The molecule has 6 nitrogen and oxygen atoms in total. The van der Waals surface area contributed by atoms with E-state index in [0.29, 0.717) is 5.69 Å². The Balaban J connectivity index is 2.18. The summed E-state index contributed by atoms with van der Waals surface area (Å²) in [5.74, 6) is 4.94. The van der Waals surface area contributed by atoms with Crippen LogP contribution < -0.4 is 11.0 Å². The summed E-state index contributed by atoms with van der Waals surface area (Å²) in [5, 5.41) is 11.3. The van der Waals surface area contributed by atoms with Crippen molar-refractivity contribution in [2.45, 2.75) is 6.92 Å². The molecule has 102 valence electrons. The number of anilines is 1. The Morgan fingerprint density at radius 3 is 2.85 bits per heavy atom. The van der Waals surface area contributed by atoms with E-state index in [0.717, 1.165) is 11.1 Å². The van der Waals surface area contributed by atoms with Gasteiger partial charge in [0.25, 0.3) is 5.91 Å². The van der Waals surface area contributed by atoms with Gasteiger partial charge in [0, 0.05) is 17.4 Å². The first-order chi connectivity index (χ1) is 9.60. The van der Waals surface area contributed by atoms with Crippen LogP contribution in [0.3, 0.4) is 0 Å². The molecule has 0 unspecified atom stereocenters. The molecule has 20 heavy (non-hydrogen) atoms. The summed E-state index contributed by atoms with van der Waals surface area (Å²) in [6, 6.07) is 5.27. The minimum atomic E-state index is -0.429. The van der Waals surface area contributed by atoms with E-state index < -0.39 is 11.6 Å². The van der Waals surface area contributed by atoms with Gasteiger partial charge in [-0.1, -0.05) is 11.8 Å². The number of carbonyl (C=O) groups is 1. The molecule has 0 aliphatic carbocycles. The summed E-state index contributed by atoms with van der Waals surface area (Å²) >= 11 is 0. The van der Waals surface area contributed by atoms with Gasteiger partial charge in [-0.3, -0.25) is 4.79 Å². The lowest BCUT2D eigenvalue weighted by Gasteiger charge is -2.07. The van der Waals surface area contributed by atoms with Gasteiger partial charge in [-0.05, 0) is 30.7 Å². The molecule has 0 aliphatic rings. The number of aliphatic hydroxyl groups excluding tert-OH is 1. The zero-order valence-electron chi connectivity index (χ0n) is 10.8. The van der Waals surface area contributed by atoms with Crippen LogP contribution in [0.1, 0.15) is 21.6 Å². The fourth-order valence-corrected chi connectivity index (χ4v) is 1.67. The molecule has 0 saturated carbocycles. The molecule has 0 aliphatic heterocycles. The summed E-state index contributed by atoms with van der Waals surface area (Å²) in [4.78, 5) is 27.6. The SMILES string of the molecule is Cc1cc(C#CCO)ccc1NC(=O)c1c[nH]c(=O)[nH]1. The normalized spacial score (nSPS) is 9.70. The number of aliphatic hydroxyl groups is 1. The molecule has 0 bridgehead atoms. The van der Waals surface area contributed by atoms with Crippen molar-refractivity contribution in [1.29, 1.82) is 0 Å². The highest BCUT2D eigenvalue weighted by atomic mass is 16.2. The number of rotatable bonds is 2. The number of H-pyrrole nitrogens is 2. The maximum absolute atomic E-state index is 11.9. The average Bonchev–Trinajstić information content (AvgIpc) is 2.86. The number of carbonyl (C=O) groups excluding carboxylic acids is 1. The van der Waals surface area contributed by atoms with Crippen molar-refractivity contribution in [3.8, 4) is 11.8 Å². The largest absolute Gasteiger partial charge is 0.384 e. The molecule has 0 spiro atoms. The topological polar surface area (TPSA) is 98.0 Å². The third kappa shape index (κ3) is 3.16. The highest BCUT2D eigenvalue weighted by Crippen LogP contribution is 2.16. The third-order valence-electron chi connectivity index (χ3n) is 2.63. The Morgan fingerprint density at radius 2 is 2.25 bits per heavy atom. The van der Waals surface area contributed by atoms with Crippen LogP contribution in [0.5, 0.6) is 0 Å². The number of imidazole rings is 1. The first kappa shape index (κ1) is 13.6. The maximum atomic E-state index is 11.9. The number of hydrogen-bond donors (Lipinski definition) is 4. The van der Waals surface area contributed by atoms with Crippen molar-refractivity contribution >= 4 is 11.6 Å². The minimum Gasteiger partial charge on any atom is -0.384 e. The lowest BCUT2D eigenvalue weighted by Crippen LogP contribution is -2.14. The minimum absolute atomic E-state index is 0.165. The Kier molecular flexibility index (Phi) is 4.03. The number of hydrogen-bond acceptors (Lipinski definition) is 3. The van der Waals surface area contributed by atoms with E-state index >= 15 is 0 Å². The van der Waals surface area contributed by atoms with E-state index in [1.165, 1.54) is 6.20 Å². The van der Waals surface area contributed by atoms with Crippen molar-refractivity contribution in [3.05, 3.63) is 51.7 Å². The first-order valence-corrected chi connectivity index (χ1v) is 5.89. The van der Waals surface area contributed by atoms with E-state index in [2.05, 4.69) is 27.1 Å². The Bertz CT molecular complexity index is 747. The quantitative estimate of drug-likeness (QED) is 0.602. The van der Waals surface area contributed by atoms with E-state index in [1.54, 1.807) is 18.2 Å². The number of aromatic nitrogens is 2. The Morgan fingerprint density at radius 1 is 1.45 bits per heavy atom. The van der Waals surface area contributed by atoms with E-state index in [9.17, 15) is 9.59 Å². The molecule has 1 heterocycles. The molecular weight excluding hydrogens is 258 g/mol. The summed E-state index contributed by atoms with van der Waals surface area (Å²) in [7, 11) is 0. The van der Waals surface area contributed by atoms with Crippen molar-refractivity contribution < 1.29 is 9.90 Å². The standard InChI is InChI=1S/C14H13N3O3/c1-9-7-10(3-2-6-18)4-5-11(9)16-13(19)12-8-15-14(20)17-12/h4-5,7-8,18H,6H2,1H3,(H,16,19)(H2,15,17,20). The molecule has 0 saturated heterocycles. The van der Waals surface area contributed by atoms with Crippen LogP contribution in [0.25, 0.3) is 0 Å². The second kappa shape index (κ2) is 5.91. The highest BCUT2D eigenvalue weighted by Gasteiger charge is 2.09. The zero-order valence-corrected chi connectivity index (χ0v) is 10.8. The van der Waals surface area contributed by atoms with Crippen molar-refractivity contribution in [3.63, 3.8) is 0 Å². The van der Waals surface area contributed by atoms with Gasteiger partial charge in [0.2, 0.25) is 0 Å². The van der Waals surface area contributed by atoms with Gasteiger partial charge in [0.15, 0.2) is 0 Å². The summed E-state index contributed by atoms with van der Waals surface area (Å²) in [5.41, 5.74) is 1.96. The number of aromatic amines is 2. The second-order valence-corrected chi connectivity index (χ2v) is 4.10. The molecule has 2 rings (SSSR count). The van der Waals surface area contributed by atoms with E-state index in [-0.39, 0.29) is 12.3 Å². The van der Waals surface area contributed by atoms with Crippen molar-refractivity contribution in [2.75, 3.05) is 11.9 Å². The fourth-order valence-electron chi connectivity index (χ4n) is 1.67. The number of benzene rings is 1. The van der Waals surface area contributed by atoms with Crippen LogP contribution >= 0.6 is 0 Å². The molecule has 1 aromatic carbocycles. The van der Waals surface area contributed by atoms with Crippen LogP contribution in [-0.4, -0.2) is 27.6 Å². The molecular formula is C14H13N3O3. The smallest absolute Gasteiger partial charge is 0.323 e. The predicted molar refractivity (Wildman–Crippen MR) is 74.5 cm³/mol. The molecule has 0 fully saturated rings. The molecule has 1 aromatic heterocycles. The van der Waals surface area contributed by atoms with Crippen molar-refractivity contribution in [1.82, 2.24) is 9.97 Å². The lowest BCUT2D eigenvalue weighted by atomic mass is 10.1. The van der Waals surface area contributed by atoms with E-state index in [1.807, 2.05) is 6.92 Å². The average molecular weight is 271 g/mol. The molecule has 1 amide bonds. The van der Waals surface area contributed by atoms with Gasteiger partial charge in [0.05, 0.1) is 0 Å². The fraction of sp³-hybridized carbons (Fsp3) is 0.143. The molecule has 0 radical (unpaired) electrons. The van der Waals surface area contributed by atoms with Crippen molar-refractivity contribution in [2.24, 2.45) is 0 Å². The van der Waals surface area contributed by atoms with Gasteiger partial charge < -0.3 is 20.4 Å². The van der Waals surface area contributed by atoms with Crippen LogP contribution in [-0.2, 0) is 0 Å². The maximum Gasteiger partial charge on any atom is 0.323 e. The Labute approximate surface area is 114 Å². The predicted octanol–water partition coefficient (Wildman–Crippen LogP) is 0.608. The summed E-state index contributed by atoms with van der Waals surface area (Å²) in [6.45, 7) is 1.64. The van der Waals surface area contributed by atoms with Crippen LogP contribution in [0.4, 0.5) is 5.69 Å². The first-order valence-electron chi connectivity index (χ1n) is 5.89. The Hall–Kier alpha value is -2.78. The van der Waals surface area contributed by atoms with Gasteiger partial charge >= 0.3 is 5.69 Å². The second-order valence-electron chi connectivity index (χ2n) is 4.10. The van der Waals surface area contributed by atoms with Gasteiger partial charge in [-0.25, -0.2) is 4.79 Å². The third-order valence-corrected chi connectivity index (χ3v) is 2.63. The van der Waals surface area contributed by atoms with Crippen LogP contribution in [0, 0.1) is 18.8 Å². The van der Waals surface area contributed by atoms with Crippen LogP contribution in [0.15, 0.2) is 29.2 Å². The highest BCUT2D eigenvalue weighted by molar-refractivity contribution is 6.03. The summed E-state index contributed by atoms with van der Waals surface area (Å²) < 4.78 is 0.